The first-order chi connectivity index (χ1) is 5.97. The van der Waals surface area contributed by atoms with Crippen molar-refractivity contribution in [2.45, 2.75) is 58.5 Å². The van der Waals surface area contributed by atoms with Gasteiger partial charge in [0.1, 0.15) is 0 Å². The van der Waals surface area contributed by atoms with Crippen LogP contribution in [0, 0.1) is 5.41 Å². The summed E-state index contributed by atoms with van der Waals surface area (Å²) in [4.78, 5) is 0. The minimum Gasteiger partial charge on any atom is -0.328 e. The number of rotatable bonds is 2. The summed E-state index contributed by atoms with van der Waals surface area (Å²) < 4.78 is 0. The number of hydrogen-bond acceptors (Lipinski definition) is 2. The van der Waals surface area contributed by atoms with Crippen molar-refractivity contribution in [1.29, 1.82) is 0 Å². The minimum absolute atomic E-state index is 0.390. The summed E-state index contributed by atoms with van der Waals surface area (Å²) in [5.74, 6) is 0. The third-order valence-electron chi connectivity index (χ3n) is 2.64. The lowest BCUT2D eigenvalue weighted by atomic mass is 9.90. The van der Waals surface area contributed by atoms with Gasteiger partial charge in [-0.1, -0.05) is 27.2 Å². The van der Waals surface area contributed by atoms with Crippen molar-refractivity contribution in [3.8, 4) is 0 Å². The van der Waals surface area contributed by atoms with Gasteiger partial charge in [0, 0.05) is 18.6 Å². The molecule has 1 rings (SSSR count). The van der Waals surface area contributed by atoms with Crippen molar-refractivity contribution in [3.63, 3.8) is 0 Å². The fourth-order valence-electron chi connectivity index (χ4n) is 1.86. The molecule has 0 amide bonds. The Morgan fingerprint density at radius 3 is 2.54 bits per heavy atom. The zero-order valence-corrected chi connectivity index (χ0v) is 9.27. The zero-order valence-electron chi connectivity index (χ0n) is 9.27. The molecule has 0 aliphatic heterocycles. The molecule has 1 fully saturated rings. The molecule has 0 aromatic heterocycles. The molecule has 0 aromatic rings. The Balaban J connectivity index is 2.21. The average Bonchev–Trinajstić information content (AvgIpc) is 2.00. The highest BCUT2D eigenvalue weighted by Crippen LogP contribution is 2.18. The van der Waals surface area contributed by atoms with Crippen molar-refractivity contribution in [2.75, 3.05) is 6.54 Å². The van der Waals surface area contributed by atoms with Crippen LogP contribution in [0.25, 0.3) is 0 Å². The van der Waals surface area contributed by atoms with Gasteiger partial charge >= 0.3 is 0 Å². The second kappa shape index (κ2) is 4.43. The van der Waals surface area contributed by atoms with E-state index in [0.717, 1.165) is 13.0 Å². The largest absolute Gasteiger partial charge is 0.328 e. The topological polar surface area (TPSA) is 38.0 Å². The lowest BCUT2D eigenvalue weighted by Crippen LogP contribution is -2.42. The van der Waals surface area contributed by atoms with Gasteiger partial charge in [0.05, 0.1) is 0 Å². The zero-order chi connectivity index (χ0) is 9.90. The van der Waals surface area contributed by atoms with Gasteiger partial charge in [-0.3, -0.25) is 0 Å². The molecule has 1 saturated carbocycles. The SMILES string of the molecule is CC(C)(C)CNC1CCCC(N)C1. The molecule has 1 aliphatic rings. The molecule has 0 saturated heterocycles. The summed E-state index contributed by atoms with van der Waals surface area (Å²) in [6, 6.07) is 1.11. The van der Waals surface area contributed by atoms with E-state index in [-0.39, 0.29) is 0 Å². The molecule has 78 valence electrons. The molecule has 0 spiro atoms. The van der Waals surface area contributed by atoms with E-state index in [0.29, 0.717) is 17.5 Å². The van der Waals surface area contributed by atoms with Gasteiger partial charge in [-0.15, -0.1) is 0 Å². The fourth-order valence-corrected chi connectivity index (χ4v) is 1.86. The molecule has 0 heterocycles. The molecular formula is C11H24N2. The molecule has 0 bridgehead atoms. The van der Waals surface area contributed by atoms with Crippen molar-refractivity contribution in [2.24, 2.45) is 11.1 Å². The highest BCUT2D eigenvalue weighted by Gasteiger charge is 2.20. The summed E-state index contributed by atoms with van der Waals surface area (Å²) in [6.07, 6.45) is 4.98. The Morgan fingerprint density at radius 1 is 1.31 bits per heavy atom. The Labute approximate surface area is 82.3 Å². The van der Waals surface area contributed by atoms with Crippen LogP contribution in [0.3, 0.4) is 0 Å². The highest BCUT2D eigenvalue weighted by molar-refractivity contribution is 4.81. The molecule has 3 N–H and O–H groups in total. The monoisotopic (exact) mass is 184 g/mol. The molecule has 2 heteroatoms. The maximum absolute atomic E-state index is 5.92. The first-order valence-corrected chi connectivity index (χ1v) is 5.46. The predicted molar refractivity (Wildman–Crippen MR) is 57.7 cm³/mol. The van der Waals surface area contributed by atoms with Crippen LogP contribution in [-0.4, -0.2) is 18.6 Å². The lowest BCUT2D eigenvalue weighted by molar-refractivity contribution is 0.291. The van der Waals surface area contributed by atoms with Crippen molar-refractivity contribution < 1.29 is 0 Å². The van der Waals surface area contributed by atoms with Gasteiger partial charge in [0.25, 0.3) is 0 Å². The molecule has 2 atom stereocenters. The van der Waals surface area contributed by atoms with Gasteiger partial charge in [0.15, 0.2) is 0 Å². The third-order valence-corrected chi connectivity index (χ3v) is 2.64. The summed E-state index contributed by atoms with van der Waals surface area (Å²) in [6.45, 7) is 7.90. The molecule has 0 radical (unpaired) electrons. The van der Waals surface area contributed by atoms with Crippen LogP contribution in [-0.2, 0) is 0 Å². The highest BCUT2D eigenvalue weighted by atomic mass is 14.9. The third kappa shape index (κ3) is 4.63. The van der Waals surface area contributed by atoms with Crippen LogP contribution in [0.1, 0.15) is 46.5 Å². The maximum atomic E-state index is 5.92. The molecule has 1 aliphatic carbocycles. The Kier molecular flexibility index (Phi) is 3.74. The van der Waals surface area contributed by atoms with Gasteiger partial charge in [-0.05, 0) is 24.7 Å². The van der Waals surface area contributed by atoms with Gasteiger partial charge < -0.3 is 11.1 Å². The van der Waals surface area contributed by atoms with Crippen LogP contribution in [0.5, 0.6) is 0 Å². The van der Waals surface area contributed by atoms with E-state index >= 15 is 0 Å². The lowest BCUT2D eigenvalue weighted by Gasteiger charge is -2.30. The molecule has 13 heavy (non-hydrogen) atoms. The predicted octanol–water partition coefficient (Wildman–Crippen LogP) is 1.89. The Hall–Kier alpha value is -0.0800. The van der Waals surface area contributed by atoms with Crippen LogP contribution >= 0.6 is 0 Å². The first-order valence-electron chi connectivity index (χ1n) is 5.46. The maximum Gasteiger partial charge on any atom is 0.00820 e. The van der Waals surface area contributed by atoms with E-state index in [1.807, 2.05) is 0 Å². The molecule has 2 nitrogen and oxygen atoms in total. The van der Waals surface area contributed by atoms with E-state index < -0.39 is 0 Å². The van der Waals surface area contributed by atoms with E-state index in [9.17, 15) is 0 Å². The van der Waals surface area contributed by atoms with Gasteiger partial charge in [0.2, 0.25) is 0 Å². The summed E-state index contributed by atoms with van der Waals surface area (Å²) in [5.41, 5.74) is 6.31. The van der Waals surface area contributed by atoms with Crippen molar-refractivity contribution in [1.82, 2.24) is 5.32 Å². The van der Waals surface area contributed by atoms with Gasteiger partial charge in [-0.25, -0.2) is 0 Å². The number of nitrogens with two attached hydrogens (primary N) is 1. The first kappa shape index (κ1) is 11.0. The van der Waals surface area contributed by atoms with Crippen molar-refractivity contribution >= 4 is 0 Å². The normalized spacial score (nSPS) is 30.5. The van der Waals surface area contributed by atoms with E-state index in [2.05, 4.69) is 26.1 Å². The molecule has 2 unspecified atom stereocenters. The van der Waals surface area contributed by atoms with Crippen LogP contribution in [0.2, 0.25) is 0 Å². The van der Waals surface area contributed by atoms with E-state index in [1.54, 1.807) is 0 Å². The summed E-state index contributed by atoms with van der Waals surface area (Å²) in [7, 11) is 0. The van der Waals surface area contributed by atoms with E-state index in [4.69, 9.17) is 5.73 Å². The molecule has 0 aromatic carbocycles. The van der Waals surface area contributed by atoms with Crippen LogP contribution in [0.15, 0.2) is 0 Å². The van der Waals surface area contributed by atoms with Crippen LogP contribution < -0.4 is 11.1 Å². The van der Waals surface area contributed by atoms with Gasteiger partial charge in [-0.2, -0.15) is 0 Å². The average molecular weight is 184 g/mol. The molecular weight excluding hydrogens is 160 g/mol. The minimum atomic E-state index is 0.390. The quantitative estimate of drug-likeness (QED) is 0.688. The standard InChI is InChI=1S/C11H24N2/c1-11(2,3)8-13-10-6-4-5-9(12)7-10/h9-10,13H,4-8,12H2,1-3H3. The summed E-state index contributed by atoms with van der Waals surface area (Å²) >= 11 is 0. The Bertz CT molecular complexity index is 149. The summed E-state index contributed by atoms with van der Waals surface area (Å²) in [5, 5.41) is 3.61. The fraction of sp³-hybridized carbons (Fsp3) is 1.00. The van der Waals surface area contributed by atoms with Crippen molar-refractivity contribution in [3.05, 3.63) is 0 Å². The smallest absolute Gasteiger partial charge is 0.00820 e. The Morgan fingerprint density at radius 2 is 2.00 bits per heavy atom. The van der Waals surface area contributed by atoms with Crippen LogP contribution in [0.4, 0.5) is 0 Å². The second-order valence-corrected chi connectivity index (χ2v) is 5.57. The van der Waals surface area contributed by atoms with E-state index in [1.165, 1.54) is 19.3 Å². The number of nitrogens with one attached hydrogen (secondary N) is 1. The number of hydrogen-bond donors (Lipinski definition) is 2. The second-order valence-electron chi connectivity index (χ2n) is 5.57.